The number of alkyl halides is 1. The van der Waals surface area contributed by atoms with Crippen LogP contribution in [0.15, 0.2) is 86.0 Å². The number of benzene rings is 2. The first-order chi connectivity index (χ1) is 23.3. The maximum atomic E-state index is 15.0. The average Bonchev–Trinajstić information content (AvgIpc) is 3.71. The molecule has 4 fully saturated rings. The Hall–Kier alpha value is -3.35. The van der Waals surface area contributed by atoms with Crippen LogP contribution >= 0.6 is 15.9 Å². The van der Waals surface area contributed by atoms with E-state index in [0.29, 0.717) is 51.4 Å². The maximum Gasteiger partial charge on any atom is 0.248 e. The van der Waals surface area contributed by atoms with Crippen molar-refractivity contribution >= 4 is 33.7 Å². The molecule has 0 aromatic heterocycles. The van der Waals surface area contributed by atoms with Crippen molar-refractivity contribution < 1.29 is 29.0 Å². The van der Waals surface area contributed by atoms with Crippen molar-refractivity contribution in [1.82, 2.24) is 19.6 Å². The summed E-state index contributed by atoms with van der Waals surface area (Å²) in [5, 5.41) is 10.9. The second kappa shape index (κ2) is 15.0. The van der Waals surface area contributed by atoms with Gasteiger partial charge in [-0.05, 0) is 17.5 Å². The van der Waals surface area contributed by atoms with Gasteiger partial charge in [0.05, 0.1) is 43.8 Å². The van der Waals surface area contributed by atoms with E-state index in [4.69, 9.17) is 9.47 Å². The maximum absolute atomic E-state index is 15.0. The lowest BCUT2D eigenvalue weighted by molar-refractivity contribution is -0.152. The molecule has 0 saturated carbocycles. The van der Waals surface area contributed by atoms with E-state index < -0.39 is 42.2 Å². The molecule has 0 aliphatic carbocycles. The second-order valence-electron chi connectivity index (χ2n) is 13.0. The molecule has 2 bridgehead atoms. The fourth-order valence-electron chi connectivity index (χ4n) is 8.10. The van der Waals surface area contributed by atoms with E-state index in [9.17, 15) is 19.5 Å². The lowest BCUT2D eigenvalue weighted by atomic mass is 9.70. The largest absolute Gasteiger partial charge is 0.394 e. The molecule has 2 aromatic rings. The van der Waals surface area contributed by atoms with Gasteiger partial charge in [0.15, 0.2) is 0 Å². The van der Waals surface area contributed by atoms with Crippen LogP contribution in [0.3, 0.4) is 0 Å². The van der Waals surface area contributed by atoms with Crippen LogP contribution in [0.25, 0.3) is 0 Å². The van der Waals surface area contributed by atoms with Crippen molar-refractivity contribution in [3.63, 3.8) is 0 Å². The Labute approximate surface area is 291 Å². The van der Waals surface area contributed by atoms with E-state index >= 15 is 0 Å². The summed E-state index contributed by atoms with van der Waals surface area (Å²) in [6, 6.07) is 17.1. The van der Waals surface area contributed by atoms with Gasteiger partial charge in [-0.3, -0.25) is 19.3 Å². The average molecular weight is 722 g/mol. The monoisotopic (exact) mass is 720 g/mol. The van der Waals surface area contributed by atoms with E-state index in [-0.39, 0.29) is 29.1 Å². The number of likely N-dealkylation sites (tertiary alicyclic amines) is 1. The minimum atomic E-state index is -1.26. The molecule has 6 rings (SSSR count). The van der Waals surface area contributed by atoms with E-state index in [1.807, 2.05) is 60.7 Å². The van der Waals surface area contributed by atoms with Gasteiger partial charge in [-0.2, -0.15) is 0 Å². The zero-order valence-corrected chi connectivity index (χ0v) is 28.8. The summed E-state index contributed by atoms with van der Waals surface area (Å²) in [4.78, 5) is 51.5. The molecule has 1 spiro atoms. The molecule has 3 unspecified atom stereocenters. The first kappa shape index (κ1) is 34.5. The van der Waals surface area contributed by atoms with Crippen molar-refractivity contribution in [3.05, 3.63) is 97.1 Å². The van der Waals surface area contributed by atoms with Gasteiger partial charge in [-0.25, -0.2) is 0 Å². The molecule has 11 heteroatoms. The molecular weight excluding hydrogens is 676 g/mol. The Morgan fingerprint density at radius 2 is 1.65 bits per heavy atom. The van der Waals surface area contributed by atoms with Crippen LogP contribution in [0.4, 0.5) is 0 Å². The molecular formula is C37H45BrN4O6. The summed E-state index contributed by atoms with van der Waals surface area (Å²) in [5.74, 6) is -2.55. The highest BCUT2D eigenvalue weighted by molar-refractivity contribution is 9.09. The van der Waals surface area contributed by atoms with Crippen LogP contribution in [0.2, 0.25) is 0 Å². The number of hydrogen-bond acceptors (Lipinski definition) is 7. The number of aliphatic hydroxyl groups is 1. The topological polar surface area (TPSA) is 103 Å². The number of carbonyl (C=O) groups excluding carboxylic acids is 3. The summed E-state index contributed by atoms with van der Waals surface area (Å²) >= 11 is 3.80. The quantitative estimate of drug-likeness (QED) is 0.237. The van der Waals surface area contributed by atoms with Crippen molar-refractivity contribution in [2.75, 3.05) is 59.1 Å². The number of halogens is 1. The highest BCUT2D eigenvalue weighted by Crippen LogP contribution is 2.61. The zero-order valence-electron chi connectivity index (χ0n) is 27.2. The minimum Gasteiger partial charge on any atom is -0.394 e. The Bertz CT molecular complexity index is 1470. The van der Waals surface area contributed by atoms with Gasteiger partial charge < -0.3 is 29.3 Å². The van der Waals surface area contributed by atoms with Crippen LogP contribution in [-0.2, 0) is 30.4 Å². The molecule has 4 saturated heterocycles. The molecule has 4 aliphatic rings. The van der Waals surface area contributed by atoms with E-state index in [1.54, 1.807) is 22.0 Å². The SMILES string of the molecule is C=CCN(CCN1CCOCC1)C(=O)C1N([C@H](CO)c2ccccc2)C(=O)[C@@H]2[C@H](C(=O)N(CC=C)Cc3ccccc3)[C@H]3OC12CC3Br. The summed E-state index contributed by atoms with van der Waals surface area (Å²) in [6.45, 7) is 12.3. The number of morpholine rings is 1. The summed E-state index contributed by atoms with van der Waals surface area (Å²) in [6.07, 6.45) is 3.16. The van der Waals surface area contributed by atoms with E-state index in [2.05, 4.69) is 34.0 Å². The predicted octanol–water partition coefficient (Wildman–Crippen LogP) is 3.03. The van der Waals surface area contributed by atoms with Crippen LogP contribution in [0, 0.1) is 11.8 Å². The van der Waals surface area contributed by atoms with Crippen LogP contribution in [0.5, 0.6) is 0 Å². The highest BCUT2D eigenvalue weighted by Gasteiger charge is 2.77. The van der Waals surface area contributed by atoms with Crippen LogP contribution in [0.1, 0.15) is 23.6 Å². The highest BCUT2D eigenvalue weighted by atomic mass is 79.9. The third-order valence-corrected chi connectivity index (χ3v) is 11.1. The zero-order chi connectivity index (χ0) is 33.8. The van der Waals surface area contributed by atoms with Crippen LogP contribution < -0.4 is 0 Å². The molecule has 2 aromatic carbocycles. The number of fused-ring (bicyclic) bond motifs is 1. The van der Waals surface area contributed by atoms with Gasteiger partial charge >= 0.3 is 0 Å². The number of aliphatic hydroxyl groups excluding tert-OH is 1. The van der Waals surface area contributed by atoms with Crippen molar-refractivity contribution in [3.8, 4) is 0 Å². The normalized spacial score (nSPS) is 28.6. The lowest BCUT2D eigenvalue weighted by Crippen LogP contribution is -2.58. The fourth-order valence-corrected chi connectivity index (χ4v) is 9.05. The van der Waals surface area contributed by atoms with Gasteiger partial charge in [0.1, 0.15) is 11.6 Å². The number of nitrogens with zero attached hydrogens (tertiary/aromatic N) is 4. The number of hydrogen-bond donors (Lipinski definition) is 1. The van der Waals surface area contributed by atoms with Crippen molar-refractivity contribution in [1.29, 1.82) is 0 Å². The molecule has 48 heavy (non-hydrogen) atoms. The predicted molar refractivity (Wildman–Crippen MR) is 185 cm³/mol. The molecule has 0 radical (unpaired) electrons. The number of rotatable bonds is 14. The van der Waals surface area contributed by atoms with Crippen molar-refractivity contribution in [2.24, 2.45) is 11.8 Å². The molecule has 1 N–H and O–H groups in total. The van der Waals surface area contributed by atoms with Gasteiger partial charge in [0.2, 0.25) is 17.7 Å². The van der Waals surface area contributed by atoms with Crippen LogP contribution in [-0.4, -0.2) is 124 Å². The summed E-state index contributed by atoms with van der Waals surface area (Å²) in [7, 11) is 0. The third-order valence-electron chi connectivity index (χ3n) is 10.3. The molecule has 3 amide bonds. The smallest absolute Gasteiger partial charge is 0.248 e. The first-order valence-electron chi connectivity index (χ1n) is 16.8. The van der Waals surface area contributed by atoms with Gasteiger partial charge in [0, 0.05) is 50.6 Å². The fraction of sp³-hybridized carbons (Fsp3) is 0.486. The number of amides is 3. The molecule has 7 atom stereocenters. The van der Waals surface area contributed by atoms with E-state index in [0.717, 1.165) is 18.7 Å². The van der Waals surface area contributed by atoms with Gasteiger partial charge in [0.25, 0.3) is 0 Å². The second-order valence-corrected chi connectivity index (χ2v) is 14.2. The Kier molecular flexibility index (Phi) is 10.8. The summed E-state index contributed by atoms with van der Waals surface area (Å²) in [5.41, 5.74) is 0.399. The summed E-state index contributed by atoms with van der Waals surface area (Å²) < 4.78 is 12.3. The Balaban J connectivity index is 1.39. The van der Waals surface area contributed by atoms with Gasteiger partial charge in [-0.1, -0.05) is 88.7 Å². The molecule has 256 valence electrons. The molecule has 10 nitrogen and oxygen atoms in total. The standard InChI is InChI=1S/C37H45BrN4O6/c1-3-15-40(18-17-39-19-21-47-22-20-39)36(46)33-37-23-28(38)32(48-37)30(34(44)41(16-4-2)24-26-11-7-5-8-12-26)31(37)35(45)42(33)29(25-43)27-13-9-6-10-14-27/h3-14,28-33,43H,1-2,15-25H2/t28?,29-,30+,31+,32+,33?,37?/m1/s1. The Morgan fingerprint density at radius 3 is 2.29 bits per heavy atom. The third kappa shape index (κ3) is 6.38. The van der Waals surface area contributed by atoms with Gasteiger partial charge in [-0.15, -0.1) is 13.2 Å². The molecule has 4 aliphatic heterocycles. The number of carbonyl (C=O) groups is 3. The molecule has 4 heterocycles. The Morgan fingerprint density at radius 1 is 1.00 bits per heavy atom. The van der Waals surface area contributed by atoms with Crippen molar-refractivity contribution in [2.45, 2.75) is 41.6 Å². The van der Waals surface area contributed by atoms with E-state index in [1.165, 1.54) is 4.90 Å². The first-order valence-corrected chi connectivity index (χ1v) is 17.7. The minimum absolute atomic E-state index is 0.211. The number of ether oxygens (including phenoxy) is 2. The lowest BCUT2D eigenvalue weighted by Gasteiger charge is -2.40.